The van der Waals surface area contributed by atoms with Crippen LogP contribution in [-0.4, -0.2) is 9.97 Å². The van der Waals surface area contributed by atoms with E-state index >= 15 is 0 Å². The number of benzene rings is 1. The van der Waals surface area contributed by atoms with Gasteiger partial charge in [-0.1, -0.05) is 36.4 Å². The maximum absolute atomic E-state index is 4.30. The second-order valence-corrected chi connectivity index (χ2v) is 3.05. The molecule has 0 spiro atoms. The van der Waals surface area contributed by atoms with E-state index in [-0.39, 0.29) is 0 Å². The summed E-state index contributed by atoms with van der Waals surface area (Å²) in [7, 11) is 0. The number of H-pyrrole nitrogens is 1. The topological polar surface area (TPSA) is 28.7 Å². The molecule has 0 saturated carbocycles. The minimum atomic E-state index is 0.915. The highest BCUT2D eigenvalue weighted by molar-refractivity contribution is 5.57. The predicted molar refractivity (Wildman–Crippen MR) is 58.7 cm³/mol. The summed E-state index contributed by atoms with van der Waals surface area (Å²) in [6.07, 6.45) is 5.82. The number of imidazole rings is 1. The summed E-state index contributed by atoms with van der Waals surface area (Å²) in [5, 5.41) is 0. The lowest BCUT2D eigenvalue weighted by atomic mass is 10.2. The van der Waals surface area contributed by atoms with Gasteiger partial charge in [-0.3, -0.25) is 0 Å². The van der Waals surface area contributed by atoms with E-state index in [0.29, 0.717) is 0 Å². The Kier molecular flexibility index (Phi) is 2.45. The Bertz CT molecular complexity index is 427. The molecule has 1 aromatic heterocycles. The zero-order valence-electron chi connectivity index (χ0n) is 8.07. The van der Waals surface area contributed by atoms with Crippen molar-refractivity contribution in [2.24, 2.45) is 0 Å². The van der Waals surface area contributed by atoms with Crippen molar-refractivity contribution in [1.29, 1.82) is 0 Å². The fraction of sp³-hybridized carbons (Fsp3) is 0.0833. The zero-order valence-corrected chi connectivity index (χ0v) is 8.07. The van der Waals surface area contributed by atoms with Crippen molar-refractivity contribution in [1.82, 2.24) is 9.97 Å². The number of nitrogens with one attached hydrogen (secondary N) is 1. The summed E-state index contributed by atoms with van der Waals surface area (Å²) in [5.41, 5.74) is 2.15. The molecule has 0 amide bonds. The Labute approximate surface area is 83.3 Å². The number of hydrogen-bond acceptors (Lipinski definition) is 1. The Morgan fingerprint density at radius 1 is 1.21 bits per heavy atom. The lowest BCUT2D eigenvalue weighted by Gasteiger charge is -1.93. The summed E-state index contributed by atoms with van der Waals surface area (Å²) in [5.74, 6) is 0.915. The molecule has 0 unspecified atom stereocenters. The molecule has 0 bridgehead atoms. The van der Waals surface area contributed by atoms with Crippen molar-refractivity contribution in [2.75, 3.05) is 0 Å². The van der Waals surface area contributed by atoms with Gasteiger partial charge in [-0.25, -0.2) is 4.98 Å². The maximum atomic E-state index is 4.30. The molecule has 0 atom stereocenters. The van der Waals surface area contributed by atoms with Crippen molar-refractivity contribution in [3.63, 3.8) is 0 Å². The maximum Gasteiger partial charge on any atom is 0.137 e. The first kappa shape index (κ1) is 8.75. The van der Waals surface area contributed by atoms with Crippen molar-refractivity contribution < 1.29 is 0 Å². The second-order valence-electron chi connectivity index (χ2n) is 3.05. The van der Waals surface area contributed by atoms with E-state index in [1.54, 1.807) is 0 Å². The third-order valence-electron chi connectivity index (χ3n) is 1.99. The zero-order chi connectivity index (χ0) is 9.80. The number of aromatic amines is 1. The highest BCUT2D eigenvalue weighted by atomic mass is 14.9. The van der Waals surface area contributed by atoms with Crippen LogP contribution in [0.3, 0.4) is 0 Å². The number of hydrogen-bond donors (Lipinski definition) is 1. The molecule has 0 fully saturated rings. The van der Waals surface area contributed by atoms with Crippen molar-refractivity contribution in [2.45, 2.75) is 6.92 Å². The molecule has 0 aliphatic heterocycles. The van der Waals surface area contributed by atoms with E-state index in [4.69, 9.17) is 0 Å². The van der Waals surface area contributed by atoms with Crippen LogP contribution in [0.2, 0.25) is 0 Å². The fourth-order valence-corrected chi connectivity index (χ4v) is 1.34. The van der Waals surface area contributed by atoms with E-state index in [9.17, 15) is 0 Å². The molecule has 2 aromatic rings. The van der Waals surface area contributed by atoms with Crippen LogP contribution >= 0.6 is 0 Å². The molecule has 70 valence electrons. The normalized spacial score (nSPS) is 10.9. The standard InChI is InChI=1S/C12H12N2/c1-2-6-11-9-13-12(14-11)10-7-4-3-5-8-10/h2-9H,1H3,(H,13,14). The third-order valence-corrected chi connectivity index (χ3v) is 1.99. The first-order valence-corrected chi connectivity index (χ1v) is 4.63. The van der Waals surface area contributed by atoms with Gasteiger partial charge in [-0.15, -0.1) is 0 Å². The first-order chi connectivity index (χ1) is 6.90. The van der Waals surface area contributed by atoms with Gasteiger partial charge in [0.15, 0.2) is 0 Å². The summed E-state index contributed by atoms with van der Waals surface area (Å²) in [6, 6.07) is 10.1. The van der Waals surface area contributed by atoms with Crippen molar-refractivity contribution in [3.8, 4) is 11.4 Å². The number of rotatable bonds is 2. The van der Waals surface area contributed by atoms with Gasteiger partial charge in [0.05, 0.1) is 11.9 Å². The largest absolute Gasteiger partial charge is 0.338 e. The van der Waals surface area contributed by atoms with Gasteiger partial charge in [0.25, 0.3) is 0 Å². The van der Waals surface area contributed by atoms with Crippen molar-refractivity contribution in [3.05, 3.63) is 48.3 Å². The molecule has 2 rings (SSSR count). The Balaban J connectivity index is 2.34. The SMILES string of the molecule is CC=Cc1cnc(-c2ccccc2)[nH]1. The Morgan fingerprint density at radius 3 is 2.71 bits per heavy atom. The molecule has 1 N–H and O–H groups in total. The minimum Gasteiger partial charge on any atom is -0.338 e. The molecule has 0 aliphatic carbocycles. The van der Waals surface area contributed by atoms with Crippen molar-refractivity contribution >= 4 is 6.08 Å². The average molecular weight is 184 g/mol. The highest BCUT2D eigenvalue weighted by Gasteiger charge is 1.99. The Hall–Kier alpha value is -1.83. The first-order valence-electron chi connectivity index (χ1n) is 4.63. The van der Waals surface area contributed by atoms with Gasteiger partial charge in [0.1, 0.15) is 5.82 Å². The van der Waals surface area contributed by atoms with E-state index in [1.807, 2.05) is 55.6 Å². The van der Waals surface area contributed by atoms with Crippen LogP contribution in [0.1, 0.15) is 12.6 Å². The third kappa shape index (κ3) is 1.74. The summed E-state index contributed by atoms with van der Waals surface area (Å²) in [6.45, 7) is 1.99. The number of nitrogens with zero attached hydrogens (tertiary/aromatic N) is 1. The van der Waals surface area contributed by atoms with Crippen LogP contribution in [0.5, 0.6) is 0 Å². The number of aromatic nitrogens is 2. The van der Waals surface area contributed by atoms with Gasteiger partial charge in [-0.2, -0.15) is 0 Å². The van der Waals surface area contributed by atoms with Gasteiger partial charge in [0.2, 0.25) is 0 Å². The molecule has 14 heavy (non-hydrogen) atoms. The van der Waals surface area contributed by atoms with Gasteiger partial charge < -0.3 is 4.98 Å². The summed E-state index contributed by atoms with van der Waals surface area (Å²) >= 11 is 0. The fourth-order valence-electron chi connectivity index (χ4n) is 1.34. The quantitative estimate of drug-likeness (QED) is 0.763. The average Bonchev–Trinajstić information content (AvgIpc) is 2.68. The van der Waals surface area contributed by atoms with Gasteiger partial charge in [0, 0.05) is 5.56 Å². The van der Waals surface area contributed by atoms with Crippen LogP contribution < -0.4 is 0 Å². The second kappa shape index (κ2) is 3.92. The van der Waals surface area contributed by atoms with Crippen LogP contribution in [0.25, 0.3) is 17.5 Å². The van der Waals surface area contributed by atoms with E-state index < -0.39 is 0 Å². The molecule has 1 heterocycles. The molecule has 0 aliphatic rings. The lowest BCUT2D eigenvalue weighted by Crippen LogP contribution is -1.78. The molecular formula is C12H12N2. The monoisotopic (exact) mass is 184 g/mol. The Morgan fingerprint density at radius 2 is 2.00 bits per heavy atom. The van der Waals surface area contributed by atoms with Crippen LogP contribution in [-0.2, 0) is 0 Å². The van der Waals surface area contributed by atoms with E-state index in [2.05, 4.69) is 9.97 Å². The molecule has 0 radical (unpaired) electrons. The predicted octanol–water partition coefficient (Wildman–Crippen LogP) is 3.11. The lowest BCUT2D eigenvalue weighted by molar-refractivity contribution is 1.30. The highest BCUT2D eigenvalue weighted by Crippen LogP contribution is 2.14. The molecule has 2 heteroatoms. The number of allylic oxidation sites excluding steroid dienone is 1. The van der Waals surface area contributed by atoms with E-state index in [1.165, 1.54) is 0 Å². The molecule has 0 saturated heterocycles. The smallest absolute Gasteiger partial charge is 0.137 e. The van der Waals surface area contributed by atoms with Gasteiger partial charge in [-0.05, 0) is 13.0 Å². The molecular weight excluding hydrogens is 172 g/mol. The van der Waals surface area contributed by atoms with Crippen LogP contribution in [0.15, 0.2) is 42.6 Å². The summed E-state index contributed by atoms with van der Waals surface area (Å²) < 4.78 is 0. The minimum absolute atomic E-state index is 0.915. The van der Waals surface area contributed by atoms with E-state index in [0.717, 1.165) is 17.1 Å². The molecule has 1 aromatic carbocycles. The molecule has 2 nitrogen and oxygen atoms in total. The summed E-state index contributed by atoms with van der Waals surface area (Å²) in [4.78, 5) is 7.53. The van der Waals surface area contributed by atoms with Gasteiger partial charge >= 0.3 is 0 Å². The van der Waals surface area contributed by atoms with Crippen LogP contribution in [0.4, 0.5) is 0 Å². The van der Waals surface area contributed by atoms with Crippen LogP contribution in [0, 0.1) is 0 Å².